The van der Waals surface area contributed by atoms with Crippen molar-refractivity contribution in [1.82, 2.24) is 14.3 Å². The van der Waals surface area contributed by atoms with Crippen molar-refractivity contribution in [2.45, 2.75) is 26.6 Å². The summed E-state index contributed by atoms with van der Waals surface area (Å²) in [5.74, 6) is -0.399. The predicted octanol–water partition coefficient (Wildman–Crippen LogP) is 0.802. The molecule has 0 fully saturated rings. The number of hydrogen-bond acceptors (Lipinski definition) is 3. The highest BCUT2D eigenvalue weighted by Gasteiger charge is 2.02. The molecule has 6 nitrogen and oxygen atoms in total. The van der Waals surface area contributed by atoms with Gasteiger partial charge in [0.15, 0.2) is 0 Å². The Labute approximate surface area is 105 Å². The Bertz CT molecular complexity index is 528. The average molecular weight is 247 g/mol. The molecule has 0 radical (unpaired) electrons. The van der Waals surface area contributed by atoms with Crippen LogP contribution < -0.4 is 11.1 Å². The minimum absolute atomic E-state index is 0.104. The summed E-state index contributed by atoms with van der Waals surface area (Å²) in [4.78, 5) is 10.7. The van der Waals surface area contributed by atoms with Gasteiger partial charge in [0.25, 0.3) is 0 Å². The monoisotopic (exact) mass is 247 g/mol. The van der Waals surface area contributed by atoms with Crippen molar-refractivity contribution in [3.63, 3.8) is 0 Å². The van der Waals surface area contributed by atoms with Crippen LogP contribution in [0, 0.1) is 0 Å². The molecule has 2 aromatic rings. The summed E-state index contributed by atoms with van der Waals surface area (Å²) < 4.78 is 3.68. The van der Waals surface area contributed by atoms with E-state index in [1.807, 2.05) is 12.3 Å². The number of aromatic nitrogens is 3. The molecule has 2 rings (SSSR count). The lowest BCUT2D eigenvalue weighted by Gasteiger charge is -2.07. The van der Waals surface area contributed by atoms with Crippen molar-refractivity contribution in [3.8, 4) is 0 Å². The van der Waals surface area contributed by atoms with Crippen LogP contribution in [0.2, 0.25) is 0 Å². The summed E-state index contributed by atoms with van der Waals surface area (Å²) >= 11 is 0. The lowest BCUT2D eigenvalue weighted by molar-refractivity contribution is -0.118. The van der Waals surface area contributed by atoms with Crippen LogP contribution in [0.25, 0.3) is 0 Å². The van der Waals surface area contributed by atoms with Crippen LogP contribution in [0.15, 0.2) is 30.7 Å². The Morgan fingerprint density at radius 1 is 1.56 bits per heavy atom. The summed E-state index contributed by atoms with van der Waals surface area (Å²) in [5.41, 5.74) is 7.18. The second-order valence-electron chi connectivity index (χ2n) is 4.03. The van der Waals surface area contributed by atoms with E-state index in [1.165, 1.54) is 10.4 Å². The molecule has 0 spiro atoms. The first-order valence-electron chi connectivity index (χ1n) is 5.87. The maximum Gasteiger partial charge on any atom is 0.239 e. The maximum absolute atomic E-state index is 10.7. The first kappa shape index (κ1) is 12.2. The van der Waals surface area contributed by atoms with Gasteiger partial charge in [-0.1, -0.05) is 0 Å². The SMILES string of the molecule is CCn1cccc1CNc1cnn(CC(N)=O)c1. The number of anilines is 1. The number of carbonyl (C=O) groups excluding carboxylic acids is 1. The molecule has 0 aromatic carbocycles. The normalized spacial score (nSPS) is 10.5. The fourth-order valence-corrected chi connectivity index (χ4v) is 1.81. The van der Waals surface area contributed by atoms with Gasteiger partial charge in [0, 0.05) is 24.6 Å². The van der Waals surface area contributed by atoms with E-state index >= 15 is 0 Å². The van der Waals surface area contributed by atoms with Crippen molar-refractivity contribution in [1.29, 1.82) is 0 Å². The van der Waals surface area contributed by atoms with E-state index in [9.17, 15) is 4.79 Å². The molecule has 0 bridgehead atoms. The van der Waals surface area contributed by atoms with Gasteiger partial charge in [0.1, 0.15) is 6.54 Å². The summed E-state index contributed by atoms with van der Waals surface area (Å²) in [6.45, 7) is 3.88. The van der Waals surface area contributed by atoms with Gasteiger partial charge in [-0.15, -0.1) is 0 Å². The standard InChI is InChI=1S/C12H17N5O/c1-2-16-5-3-4-11(16)7-14-10-6-15-17(8-10)9-12(13)18/h3-6,8,14H,2,7,9H2,1H3,(H2,13,18). The van der Waals surface area contributed by atoms with Crippen LogP contribution in [0.3, 0.4) is 0 Å². The molecular weight excluding hydrogens is 230 g/mol. The van der Waals surface area contributed by atoms with Crippen LogP contribution in [0.5, 0.6) is 0 Å². The predicted molar refractivity (Wildman–Crippen MR) is 68.9 cm³/mol. The first-order valence-corrected chi connectivity index (χ1v) is 5.87. The fourth-order valence-electron chi connectivity index (χ4n) is 1.81. The van der Waals surface area contributed by atoms with E-state index in [2.05, 4.69) is 28.0 Å². The lowest BCUT2D eigenvalue weighted by atomic mass is 10.4. The van der Waals surface area contributed by atoms with E-state index in [0.717, 1.165) is 18.8 Å². The number of aryl methyl sites for hydroxylation is 1. The van der Waals surface area contributed by atoms with Crippen molar-refractivity contribution in [2.75, 3.05) is 5.32 Å². The zero-order chi connectivity index (χ0) is 13.0. The molecule has 0 saturated carbocycles. The number of amides is 1. The number of carbonyl (C=O) groups is 1. The van der Waals surface area contributed by atoms with Gasteiger partial charge in [0.2, 0.25) is 5.91 Å². The number of nitrogens with one attached hydrogen (secondary N) is 1. The van der Waals surface area contributed by atoms with Crippen LogP contribution in [-0.4, -0.2) is 20.3 Å². The van der Waals surface area contributed by atoms with Crippen molar-refractivity contribution in [3.05, 3.63) is 36.4 Å². The molecule has 1 amide bonds. The third-order valence-corrected chi connectivity index (χ3v) is 2.69. The molecule has 2 heterocycles. The molecular formula is C12H17N5O. The molecule has 6 heteroatoms. The summed E-state index contributed by atoms with van der Waals surface area (Å²) in [6, 6.07) is 4.10. The maximum atomic E-state index is 10.7. The largest absolute Gasteiger partial charge is 0.377 e. The van der Waals surface area contributed by atoms with Crippen LogP contribution in [0.4, 0.5) is 5.69 Å². The minimum atomic E-state index is -0.399. The molecule has 0 saturated heterocycles. The van der Waals surface area contributed by atoms with Crippen LogP contribution in [0.1, 0.15) is 12.6 Å². The van der Waals surface area contributed by atoms with Crippen molar-refractivity contribution >= 4 is 11.6 Å². The van der Waals surface area contributed by atoms with Gasteiger partial charge in [0.05, 0.1) is 18.4 Å². The zero-order valence-electron chi connectivity index (χ0n) is 10.3. The number of nitrogens with zero attached hydrogens (tertiary/aromatic N) is 3. The Kier molecular flexibility index (Phi) is 3.66. The summed E-state index contributed by atoms with van der Waals surface area (Å²) in [7, 11) is 0. The molecule has 2 aromatic heterocycles. The molecule has 0 aliphatic rings. The quantitative estimate of drug-likeness (QED) is 0.792. The van der Waals surface area contributed by atoms with Crippen molar-refractivity contribution in [2.24, 2.45) is 5.73 Å². The topological polar surface area (TPSA) is 77.9 Å². The number of hydrogen-bond donors (Lipinski definition) is 2. The Morgan fingerprint density at radius 2 is 2.39 bits per heavy atom. The fraction of sp³-hybridized carbons (Fsp3) is 0.333. The third kappa shape index (κ3) is 2.91. The van der Waals surface area contributed by atoms with E-state index in [-0.39, 0.29) is 6.54 Å². The van der Waals surface area contributed by atoms with Crippen LogP contribution >= 0.6 is 0 Å². The van der Waals surface area contributed by atoms with E-state index in [0.29, 0.717) is 0 Å². The molecule has 18 heavy (non-hydrogen) atoms. The van der Waals surface area contributed by atoms with E-state index in [4.69, 9.17) is 5.73 Å². The van der Waals surface area contributed by atoms with E-state index < -0.39 is 5.91 Å². The second kappa shape index (κ2) is 5.39. The molecule has 0 atom stereocenters. The molecule has 0 unspecified atom stereocenters. The number of nitrogens with two attached hydrogens (primary N) is 1. The van der Waals surface area contributed by atoms with Gasteiger partial charge in [-0.2, -0.15) is 5.10 Å². The number of primary amides is 1. The van der Waals surface area contributed by atoms with Gasteiger partial charge in [-0.05, 0) is 19.1 Å². The highest BCUT2D eigenvalue weighted by Crippen LogP contribution is 2.09. The van der Waals surface area contributed by atoms with Gasteiger partial charge in [-0.25, -0.2) is 0 Å². The Morgan fingerprint density at radius 3 is 3.11 bits per heavy atom. The van der Waals surface area contributed by atoms with Gasteiger partial charge in [-0.3, -0.25) is 9.48 Å². The smallest absolute Gasteiger partial charge is 0.239 e. The van der Waals surface area contributed by atoms with E-state index in [1.54, 1.807) is 12.4 Å². The average Bonchev–Trinajstić information content (AvgIpc) is 2.93. The summed E-state index contributed by atoms with van der Waals surface area (Å²) in [6.07, 6.45) is 5.50. The zero-order valence-corrected chi connectivity index (χ0v) is 10.3. The highest BCUT2D eigenvalue weighted by atomic mass is 16.1. The second-order valence-corrected chi connectivity index (χ2v) is 4.03. The third-order valence-electron chi connectivity index (χ3n) is 2.69. The lowest BCUT2D eigenvalue weighted by Crippen LogP contribution is -2.18. The van der Waals surface area contributed by atoms with Crippen LogP contribution in [-0.2, 0) is 24.4 Å². The number of rotatable bonds is 6. The molecule has 3 N–H and O–H groups in total. The molecule has 0 aliphatic heterocycles. The molecule has 0 aliphatic carbocycles. The van der Waals surface area contributed by atoms with Gasteiger partial charge >= 0.3 is 0 Å². The van der Waals surface area contributed by atoms with Crippen molar-refractivity contribution < 1.29 is 4.79 Å². The first-order chi connectivity index (χ1) is 8.69. The Hall–Kier alpha value is -2.24. The Balaban J connectivity index is 1.94. The van der Waals surface area contributed by atoms with Gasteiger partial charge < -0.3 is 15.6 Å². The summed E-state index contributed by atoms with van der Waals surface area (Å²) in [5, 5.41) is 7.30. The highest BCUT2D eigenvalue weighted by molar-refractivity contribution is 5.73. The minimum Gasteiger partial charge on any atom is -0.377 e. The molecule has 96 valence electrons.